The number of carboxylic acids is 1. The van der Waals surface area contributed by atoms with Crippen LogP contribution in [0.4, 0.5) is 11.8 Å². The number of carboxylic acid groups (broad SMARTS) is 1. The highest BCUT2D eigenvalue weighted by atomic mass is 16.6. The van der Waals surface area contributed by atoms with E-state index in [0.29, 0.717) is 5.95 Å². The maximum atomic E-state index is 10.8. The number of carbonyl (C=O) groups is 1. The number of nitrogens with zero attached hydrogens (tertiary/aromatic N) is 4. The van der Waals surface area contributed by atoms with Gasteiger partial charge in [-0.25, -0.2) is 0 Å². The van der Waals surface area contributed by atoms with Crippen LogP contribution < -0.4 is 4.90 Å². The number of nitro groups is 1. The molecule has 0 amide bonds. The molecule has 0 aromatic carbocycles. The lowest BCUT2D eigenvalue weighted by molar-refractivity contribution is -0.392. The van der Waals surface area contributed by atoms with Gasteiger partial charge in [-0.15, -0.1) is 0 Å². The quantitative estimate of drug-likeness (QED) is 0.598. The summed E-state index contributed by atoms with van der Waals surface area (Å²) in [4.78, 5) is 26.3. The summed E-state index contributed by atoms with van der Waals surface area (Å²) in [5.41, 5.74) is 0. The van der Waals surface area contributed by atoms with E-state index in [0.717, 1.165) is 12.8 Å². The van der Waals surface area contributed by atoms with E-state index in [1.165, 1.54) is 15.7 Å². The summed E-state index contributed by atoms with van der Waals surface area (Å²) in [5, 5.41) is 19.5. The molecule has 1 aliphatic carbocycles. The molecular weight excluding hydrogens is 228 g/mol. The molecule has 0 unspecified atom stereocenters. The molecule has 2 rings (SSSR count). The molecule has 0 aliphatic heterocycles. The maximum absolute atomic E-state index is 10.8. The van der Waals surface area contributed by atoms with Crippen molar-refractivity contribution < 1.29 is 14.8 Å². The number of hydrogen-bond acceptors (Lipinski definition) is 5. The zero-order valence-electron chi connectivity index (χ0n) is 9.24. The first kappa shape index (κ1) is 11.4. The van der Waals surface area contributed by atoms with E-state index >= 15 is 0 Å². The van der Waals surface area contributed by atoms with Crippen LogP contribution in [0, 0.1) is 10.1 Å². The van der Waals surface area contributed by atoms with Gasteiger partial charge in [0.05, 0.1) is 0 Å². The van der Waals surface area contributed by atoms with E-state index in [1.54, 1.807) is 7.05 Å². The van der Waals surface area contributed by atoms with Crippen LogP contribution in [0.15, 0.2) is 6.20 Å². The summed E-state index contributed by atoms with van der Waals surface area (Å²) < 4.78 is 1.50. The van der Waals surface area contributed by atoms with E-state index in [9.17, 15) is 14.9 Å². The molecule has 1 saturated carbocycles. The molecule has 17 heavy (non-hydrogen) atoms. The third-order valence-electron chi connectivity index (χ3n) is 2.57. The van der Waals surface area contributed by atoms with Gasteiger partial charge in [0.15, 0.2) is 0 Å². The van der Waals surface area contributed by atoms with E-state index in [2.05, 4.69) is 4.98 Å². The molecule has 1 N–H and O–H groups in total. The van der Waals surface area contributed by atoms with Gasteiger partial charge >= 0.3 is 11.8 Å². The normalized spacial score (nSPS) is 14.6. The van der Waals surface area contributed by atoms with Crippen LogP contribution in [-0.2, 0) is 4.79 Å². The lowest BCUT2D eigenvalue weighted by Gasteiger charge is -2.13. The average Bonchev–Trinajstić information content (AvgIpc) is 2.95. The summed E-state index contributed by atoms with van der Waals surface area (Å²) in [7, 11) is 1.55. The van der Waals surface area contributed by atoms with Crippen molar-refractivity contribution >= 4 is 17.7 Å². The van der Waals surface area contributed by atoms with Crippen molar-refractivity contribution in [2.75, 3.05) is 18.5 Å². The van der Waals surface area contributed by atoms with Gasteiger partial charge in [-0.1, -0.05) is 0 Å². The monoisotopic (exact) mass is 240 g/mol. The molecule has 8 nitrogen and oxygen atoms in total. The van der Waals surface area contributed by atoms with Crippen LogP contribution in [0.25, 0.3) is 0 Å². The Labute approximate surface area is 96.6 Å². The van der Waals surface area contributed by atoms with Crippen LogP contribution in [0.1, 0.15) is 18.9 Å². The number of rotatable bonds is 5. The Morgan fingerprint density at radius 3 is 2.88 bits per heavy atom. The molecule has 1 heterocycles. The van der Waals surface area contributed by atoms with Crippen molar-refractivity contribution in [2.45, 2.75) is 18.9 Å². The fourth-order valence-electron chi connectivity index (χ4n) is 1.72. The van der Waals surface area contributed by atoms with Gasteiger partial charge in [0.25, 0.3) is 5.95 Å². The van der Waals surface area contributed by atoms with Gasteiger partial charge in [0, 0.05) is 7.05 Å². The van der Waals surface area contributed by atoms with Gasteiger partial charge in [-0.2, -0.15) is 9.55 Å². The molecule has 1 aliphatic rings. The Hall–Kier alpha value is -2.12. The number of aliphatic carboxylic acids is 1. The number of imidazole rings is 1. The van der Waals surface area contributed by atoms with E-state index < -0.39 is 10.9 Å². The highest BCUT2D eigenvalue weighted by Gasteiger charge is 2.37. The molecule has 0 atom stereocenters. The summed E-state index contributed by atoms with van der Waals surface area (Å²) in [6.45, 7) is -0.235. The Morgan fingerprint density at radius 2 is 2.41 bits per heavy atom. The third kappa shape index (κ3) is 2.19. The van der Waals surface area contributed by atoms with Crippen molar-refractivity contribution in [3.63, 3.8) is 0 Å². The Balaban J connectivity index is 2.33. The first-order valence-electron chi connectivity index (χ1n) is 5.15. The molecule has 8 heteroatoms. The highest BCUT2D eigenvalue weighted by molar-refractivity contribution is 5.72. The number of likely N-dealkylation sites (N-methyl/N-ethyl adjacent to an activating group) is 1. The lowest BCUT2D eigenvalue weighted by atomic mass is 10.5. The maximum Gasteiger partial charge on any atom is 0.344 e. The predicted octanol–water partition coefficient (Wildman–Crippen LogP) is 0.647. The largest absolute Gasteiger partial charge is 0.480 e. The minimum absolute atomic E-state index is 0.0733. The van der Waals surface area contributed by atoms with Crippen molar-refractivity contribution in [3.05, 3.63) is 16.3 Å². The van der Waals surface area contributed by atoms with Gasteiger partial charge in [-0.3, -0.25) is 4.79 Å². The predicted molar refractivity (Wildman–Crippen MR) is 58.1 cm³/mol. The Morgan fingerprint density at radius 1 is 1.76 bits per heavy atom. The van der Waals surface area contributed by atoms with Gasteiger partial charge in [0.1, 0.15) is 18.8 Å². The first-order valence-corrected chi connectivity index (χ1v) is 5.15. The van der Waals surface area contributed by atoms with Crippen molar-refractivity contribution in [1.29, 1.82) is 0 Å². The second-order valence-electron chi connectivity index (χ2n) is 4.02. The SMILES string of the molecule is CN(CC(=O)O)c1ncc([N+](=O)[O-])n1C1CC1. The fourth-order valence-corrected chi connectivity index (χ4v) is 1.72. The number of hydrogen-bond donors (Lipinski definition) is 1. The van der Waals surface area contributed by atoms with Gasteiger partial charge in [0.2, 0.25) is 0 Å². The zero-order valence-corrected chi connectivity index (χ0v) is 9.24. The van der Waals surface area contributed by atoms with Crippen LogP contribution in [0.2, 0.25) is 0 Å². The highest BCUT2D eigenvalue weighted by Crippen LogP contribution is 2.41. The van der Waals surface area contributed by atoms with E-state index in [1.807, 2.05) is 0 Å². The second kappa shape index (κ2) is 4.04. The first-order chi connectivity index (χ1) is 8.00. The molecule has 1 aromatic heterocycles. The van der Waals surface area contributed by atoms with E-state index in [4.69, 9.17) is 5.11 Å². The molecule has 0 saturated heterocycles. The van der Waals surface area contributed by atoms with Crippen LogP contribution in [0.5, 0.6) is 0 Å². The minimum atomic E-state index is -1.000. The third-order valence-corrected chi connectivity index (χ3v) is 2.57. The fraction of sp³-hybridized carbons (Fsp3) is 0.556. The average molecular weight is 240 g/mol. The number of aromatic nitrogens is 2. The molecule has 92 valence electrons. The van der Waals surface area contributed by atoms with E-state index in [-0.39, 0.29) is 18.4 Å². The summed E-state index contributed by atoms with van der Waals surface area (Å²) >= 11 is 0. The Bertz CT molecular complexity index is 466. The van der Waals surface area contributed by atoms with Crippen molar-refractivity contribution in [1.82, 2.24) is 9.55 Å². The second-order valence-corrected chi connectivity index (χ2v) is 4.02. The summed E-state index contributed by atoms with van der Waals surface area (Å²) in [6, 6.07) is 0.0733. The minimum Gasteiger partial charge on any atom is -0.480 e. The molecule has 0 bridgehead atoms. The number of anilines is 1. The standard InChI is InChI=1S/C9H12N4O4/c1-11(5-8(14)15)9-10-4-7(13(16)17)12(9)6-2-3-6/h4,6H,2-3,5H2,1H3,(H,14,15). The lowest BCUT2D eigenvalue weighted by Crippen LogP contribution is -2.28. The van der Waals surface area contributed by atoms with Gasteiger partial charge < -0.3 is 20.1 Å². The van der Waals surface area contributed by atoms with Crippen LogP contribution >= 0.6 is 0 Å². The summed E-state index contributed by atoms with van der Waals surface area (Å²) in [5.74, 6) is -0.748. The van der Waals surface area contributed by atoms with Crippen LogP contribution in [-0.4, -0.2) is 39.1 Å². The van der Waals surface area contributed by atoms with Gasteiger partial charge in [-0.05, 0) is 17.8 Å². The molecular formula is C9H12N4O4. The molecule has 0 spiro atoms. The smallest absolute Gasteiger partial charge is 0.344 e. The molecule has 1 aromatic rings. The van der Waals surface area contributed by atoms with Crippen molar-refractivity contribution in [2.24, 2.45) is 0 Å². The molecule has 0 radical (unpaired) electrons. The Kier molecular flexibility index (Phi) is 2.70. The zero-order chi connectivity index (χ0) is 12.6. The topological polar surface area (TPSA) is 102 Å². The van der Waals surface area contributed by atoms with Crippen molar-refractivity contribution in [3.8, 4) is 0 Å². The summed E-state index contributed by atoms with van der Waals surface area (Å²) in [6.07, 6.45) is 2.90. The van der Waals surface area contributed by atoms with Crippen LogP contribution in [0.3, 0.4) is 0 Å². The molecule has 1 fully saturated rings.